The summed E-state index contributed by atoms with van der Waals surface area (Å²) in [6.07, 6.45) is 5.79. The van der Waals surface area contributed by atoms with Crippen LogP contribution in [0.5, 0.6) is 0 Å². The van der Waals surface area contributed by atoms with E-state index in [1.54, 1.807) is 17.0 Å². The van der Waals surface area contributed by atoms with Crippen molar-refractivity contribution in [3.8, 4) is 5.69 Å². The summed E-state index contributed by atoms with van der Waals surface area (Å²) in [4.78, 5) is 27.3. The number of piperidine rings is 1. The molecule has 4 rings (SSSR count). The Balaban J connectivity index is 1.65. The molecule has 2 aromatic carbocycles. The molecule has 1 aromatic heterocycles. The summed E-state index contributed by atoms with van der Waals surface area (Å²) in [7, 11) is 0. The lowest BCUT2D eigenvalue weighted by atomic mass is 10.0. The Morgan fingerprint density at radius 3 is 2.48 bits per heavy atom. The number of anilines is 1. The molecule has 1 aliphatic rings. The van der Waals surface area contributed by atoms with Gasteiger partial charge in [0.2, 0.25) is 5.91 Å². The first-order chi connectivity index (χ1) is 14.1. The number of hydrogen-bond donors (Lipinski definition) is 1. The third kappa shape index (κ3) is 4.06. The molecule has 0 radical (unpaired) electrons. The van der Waals surface area contributed by atoms with Crippen LogP contribution in [0, 0.1) is 5.82 Å². The molecule has 29 heavy (non-hydrogen) atoms. The van der Waals surface area contributed by atoms with Crippen molar-refractivity contribution in [1.82, 2.24) is 9.47 Å². The van der Waals surface area contributed by atoms with Crippen LogP contribution in [-0.4, -0.2) is 27.8 Å². The molecule has 6 heteroatoms. The summed E-state index contributed by atoms with van der Waals surface area (Å²) < 4.78 is 16.3. The van der Waals surface area contributed by atoms with Crippen molar-refractivity contribution < 1.29 is 14.0 Å². The second-order valence-corrected chi connectivity index (χ2v) is 7.10. The molecule has 1 aliphatic heterocycles. The Hall–Kier alpha value is -3.41. The minimum absolute atomic E-state index is 0.0539. The lowest BCUT2D eigenvalue weighted by Crippen LogP contribution is -2.43. The smallest absolute Gasteiger partial charge is 0.251 e. The van der Waals surface area contributed by atoms with Gasteiger partial charge < -0.3 is 14.8 Å². The predicted octanol–water partition coefficient (Wildman–Crippen LogP) is 4.31. The highest BCUT2D eigenvalue weighted by atomic mass is 19.1. The number of nitrogens with one attached hydrogen (secondary N) is 1. The summed E-state index contributed by atoms with van der Waals surface area (Å²) >= 11 is 0. The van der Waals surface area contributed by atoms with Gasteiger partial charge in [0.1, 0.15) is 11.9 Å². The summed E-state index contributed by atoms with van der Waals surface area (Å²) in [6, 6.07) is 16.7. The molecule has 0 spiro atoms. The molecule has 1 atom stereocenters. The van der Waals surface area contributed by atoms with E-state index in [1.807, 2.05) is 59.4 Å². The number of carbonyl (C=O) groups excluding carboxylic acids is 2. The van der Waals surface area contributed by atoms with E-state index in [4.69, 9.17) is 0 Å². The number of carbonyl (C=O) groups is 2. The van der Waals surface area contributed by atoms with Gasteiger partial charge in [-0.2, -0.15) is 0 Å². The molecule has 1 unspecified atom stereocenters. The van der Waals surface area contributed by atoms with E-state index in [1.165, 1.54) is 6.07 Å². The predicted molar refractivity (Wildman–Crippen MR) is 109 cm³/mol. The summed E-state index contributed by atoms with van der Waals surface area (Å²) in [5, 5.41) is 2.71. The van der Waals surface area contributed by atoms with Crippen LogP contribution in [0.25, 0.3) is 5.69 Å². The quantitative estimate of drug-likeness (QED) is 0.705. The second-order valence-electron chi connectivity index (χ2n) is 7.10. The van der Waals surface area contributed by atoms with Crippen molar-refractivity contribution in [3.63, 3.8) is 0 Å². The van der Waals surface area contributed by atoms with Crippen molar-refractivity contribution in [3.05, 3.63) is 84.4 Å². The highest BCUT2D eigenvalue weighted by Crippen LogP contribution is 2.28. The van der Waals surface area contributed by atoms with E-state index < -0.39 is 17.8 Å². The molecule has 1 N–H and O–H groups in total. The fourth-order valence-electron chi connectivity index (χ4n) is 3.69. The zero-order chi connectivity index (χ0) is 20.2. The van der Waals surface area contributed by atoms with Gasteiger partial charge in [0.25, 0.3) is 5.91 Å². The van der Waals surface area contributed by atoms with E-state index in [2.05, 4.69) is 5.32 Å². The molecule has 2 heterocycles. The fourth-order valence-corrected chi connectivity index (χ4v) is 3.69. The van der Waals surface area contributed by atoms with Crippen molar-refractivity contribution in [2.45, 2.75) is 25.3 Å². The highest BCUT2D eigenvalue weighted by Gasteiger charge is 2.33. The number of likely N-dealkylation sites (tertiary alicyclic amines) is 1. The van der Waals surface area contributed by atoms with E-state index >= 15 is 0 Å². The Morgan fingerprint density at radius 2 is 1.76 bits per heavy atom. The van der Waals surface area contributed by atoms with E-state index in [0.29, 0.717) is 18.5 Å². The minimum Gasteiger partial charge on any atom is -0.327 e. The largest absolute Gasteiger partial charge is 0.327 e. The van der Waals surface area contributed by atoms with Gasteiger partial charge in [0, 0.05) is 31.0 Å². The van der Waals surface area contributed by atoms with Crippen LogP contribution in [0.2, 0.25) is 0 Å². The van der Waals surface area contributed by atoms with Crippen LogP contribution in [0.15, 0.2) is 73.1 Å². The molecule has 0 saturated carbocycles. The van der Waals surface area contributed by atoms with Crippen molar-refractivity contribution >= 4 is 17.5 Å². The monoisotopic (exact) mass is 391 g/mol. The lowest BCUT2D eigenvalue weighted by molar-refractivity contribution is -0.141. The summed E-state index contributed by atoms with van der Waals surface area (Å²) in [6.45, 7) is 0.512. The Morgan fingerprint density at radius 1 is 1.00 bits per heavy atom. The maximum atomic E-state index is 14.5. The lowest BCUT2D eigenvalue weighted by Gasteiger charge is -2.34. The Labute approximate surface area is 168 Å². The summed E-state index contributed by atoms with van der Waals surface area (Å²) in [5.74, 6) is -0.997. The summed E-state index contributed by atoms with van der Waals surface area (Å²) in [5.41, 5.74) is 1.53. The molecule has 5 nitrogen and oxygen atoms in total. The molecule has 1 saturated heterocycles. The molecular weight excluding hydrogens is 369 g/mol. The number of benzene rings is 2. The van der Waals surface area contributed by atoms with E-state index in [-0.39, 0.29) is 11.6 Å². The van der Waals surface area contributed by atoms with Gasteiger partial charge in [-0.15, -0.1) is 0 Å². The van der Waals surface area contributed by atoms with Crippen LogP contribution in [-0.2, 0) is 9.59 Å². The van der Waals surface area contributed by atoms with Gasteiger partial charge in [0.15, 0.2) is 0 Å². The number of aromatic nitrogens is 1. The molecule has 1 fully saturated rings. The normalized spacial score (nSPS) is 15.2. The fraction of sp³-hybridized carbons (Fsp3) is 0.217. The minimum atomic E-state index is -0.793. The maximum Gasteiger partial charge on any atom is 0.251 e. The van der Waals surface area contributed by atoms with Crippen LogP contribution < -0.4 is 5.32 Å². The van der Waals surface area contributed by atoms with Crippen molar-refractivity contribution in [2.75, 3.05) is 11.9 Å². The van der Waals surface area contributed by atoms with E-state index in [9.17, 15) is 14.0 Å². The first-order valence-corrected chi connectivity index (χ1v) is 9.71. The number of halogens is 1. The van der Waals surface area contributed by atoms with Gasteiger partial charge in [-0.05, 0) is 48.7 Å². The second kappa shape index (κ2) is 8.31. The third-order valence-electron chi connectivity index (χ3n) is 5.15. The molecule has 2 amide bonds. The molecule has 3 aromatic rings. The number of amides is 2. The first kappa shape index (κ1) is 18.9. The molecule has 148 valence electrons. The van der Waals surface area contributed by atoms with Crippen molar-refractivity contribution in [1.29, 1.82) is 0 Å². The molecule has 0 aliphatic carbocycles. The van der Waals surface area contributed by atoms with E-state index in [0.717, 1.165) is 18.5 Å². The number of hydrogen-bond acceptors (Lipinski definition) is 2. The standard InChI is InChI=1S/C23H22FN3O2/c24-19-12-11-18(26-13-6-7-14-26)16-20(19)25-23(29)22(17-8-2-1-3-9-17)27-15-5-4-10-21(27)28/h1-3,6-9,11-14,16,22H,4-5,10,15H2,(H,25,29). The Bertz CT molecular complexity index is 1000. The average molecular weight is 391 g/mol. The zero-order valence-corrected chi connectivity index (χ0v) is 15.9. The van der Waals surface area contributed by atoms with Crippen LogP contribution >= 0.6 is 0 Å². The van der Waals surface area contributed by atoms with Crippen LogP contribution in [0.3, 0.4) is 0 Å². The van der Waals surface area contributed by atoms with Gasteiger partial charge in [-0.3, -0.25) is 9.59 Å². The van der Waals surface area contributed by atoms with Gasteiger partial charge in [0.05, 0.1) is 5.69 Å². The molecule has 0 bridgehead atoms. The number of rotatable bonds is 5. The van der Waals surface area contributed by atoms with Crippen LogP contribution in [0.4, 0.5) is 10.1 Å². The van der Waals surface area contributed by atoms with Crippen LogP contribution in [0.1, 0.15) is 30.9 Å². The van der Waals surface area contributed by atoms with Gasteiger partial charge in [-0.1, -0.05) is 30.3 Å². The highest BCUT2D eigenvalue weighted by molar-refractivity contribution is 5.98. The van der Waals surface area contributed by atoms with Gasteiger partial charge >= 0.3 is 0 Å². The first-order valence-electron chi connectivity index (χ1n) is 9.71. The van der Waals surface area contributed by atoms with Crippen molar-refractivity contribution in [2.24, 2.45) is 0 Å². The number of nitrogens with zero attached hydrogens (tertiary/aromatic N) is 2. The SMILES string of the molecule is O=C(Nc1cc(-n2cccc2)ccc1F)C(c1ccccc1)N1CCCCC1=O. The Kier molecular flexibility index (Phi) is 5.42. The maximum absolute atomic E-state index is 14.5. The topological polar surface area (TPSA) is 54.3 Å². The average Bonchev–Trinajstić information content (AvgIpc) is 3.27. The van der Waals surface area contributed by atoms with Gasteiger partial charge in [-0.25, -0.2) is 4.39 Å². The molecular formula is C23H22FN3O2. The zero-order valence-electron chi connectivity index (χ0n) is 15.9. The third-order valence-corrected chi connectivity index (χ3v) is 5.15.